The van der Waals surface area contributed by atoms with Crippen LogP contribution in [0.4, 0.5) is 4.79 Å². The molecule has 4 nitrogen and oxygen atoms in total. The van der Waals surface area contributed by atoms with Gasteiger partial charge in [-0.1, -0.05) is 30.3 Å². The standard InChI is InChI=1S/C24H27N3OS/c1-17-21-11-7-15-26(21)23-20(19-10-5-6-12-22(19)29-23)16-27(17)24(28)25-14-13-18-8-3-2-4-9-18/h2-4,7-9,11,15,17H,5-6,10,12-14,16H2,1H3,(H,25,28)/t17-/m1/s1. The lowest BCUT2D eigenvalue weighted by atomic mass is 9.95. The van der Waals surface area contributed by atoms with Gasteiger partial charge in [-0.3, -0.25) is 0 Å². The van der Waals surface area contributed by atoms with Crippen LogP contribution in [0, 0.1) is 0 Å². The minimum Gasteiger partial charge on any atom is -0.338 e. The molecule has 2 aromatic heterocycles. The summed E-state index contributed by atoms with van der Waals surface area (Å²) in [7, 11) is 0. The van der Waals surface area contributed by atoms with Crippen molar-refractivity contribution in [1.82, 2.24) is 14.8 Å². The van der Waals surface area contributed by atoms with Crippen LogP contribution in [-0.4, -0.2) is 22.0 Å². The molecular weight excluding hydrogens is 378 g/mol. The van der Waals surface area contributed by atoms with Crippen LogP contribution in [0.3, 0.4) is 0 Å². The Labute approximate surface area is 176 Å². The summed E-state index contributed by atoms with van der Waals surface area (Å²) in [5, 5.41) is 4.49. The number of carbonyl (C=O) groups is 1. The van der Waals surface area contributed by atoms with Crippen LogP contribution in [-0.2, 0) is 25.8 Å². The molecular formula is C24H27N3OS. The minimum absolute atomic E-state index is 0.0322. The highest BCUT2D eigenvalue weighted by molar-refractivity contribution is 7.15. The maximum atomic E-state index is 13.2. The highest BCUT2D eigenvalue weighted by atomic mass is 32.1. The van der Waals surface area contributed by atoms with E-state index in [1.165, 1.54) is 51.5 Å². The number of aryl methyl sites for hydroxylation is 1. The first kappa shape index (κ1) is 18.5. The Morgan fingerprint density at radius 3 is 2.79 bits per heavy atom. The van der Waals surface area contributed by atoms with Gasteiger partial charge in [0.25, 0.3) is 0 Å². The summed E-state index contributed by atoms with van der Waals surface area (Å²) in [4.78, 5) is 16.7. The van der Waals surface area contributed by atoms with E-state index in [-0.39, 0.29) is 12.1 Å². The summed E-state index contributed by atoms with van der Waals surface area (Å²) >= 11 is 1.93. The predicted molar refractivity (Wildman–Crippen MR) is 118 cm³/mol. The van der Waals surface area contributed by atoms with E-state index in [1.807, 2.05) is 34.4 Å². The van der Waals surface area contributed by atoms with Crippen LogP contribution in [0.1, 0.15) is 53.1 Å². The number of nitrogens with one attached hydrogen (secondary N) is 1. The second-order valence-corrected chi connectivity index (χ2v) is 9.15. The van der Waals surface area contributed by atoms with Crippen LogP contribution in [0.15, 0.2) is 48.7 Å². The van der Waals surface area contributed by atoms with Gasteiger partial charge in [-0.25, -0.2) is 4.79 Å². The van der Waals surface area contributed by atoms with Crippen molar-refractivity contribution in [3.63, 3.8) is 0 Å². The first-order chi connectivity index (χ1) is 14.2. The maximum Gasteiger partial charge on any atom is 0.318 e. The Morgan fingerprint density at radius 2 is 1.93 bits per heavy atom. The predicted octanol–water partition coefficient (Wildman–Crippen LogP) is 5.25. The van der Waals surface area contributed by atoms with Gasteiger partial charge in [-0.15, -0.1) is 11.3 Å². The zero-order valence-electron chi connectivity index (χ0n) is 16.9. The molecule has 29 heavy (non-hydrogen) atoms. The number of fused-ring (bicyclic) bond motifs is 5. The minimum atomic E-state index is 0.0322. The second kappa shape index (κ2) is 7.71. The zero-order valence-corrected chi connectivity index (χ0v) is 17.7. The van der Waals surface area contributed by atoms with Crippen molar-refractivity contribution in [2.45, 2.75) is 51.6 Å². The van der Waals surface area contributed by atoms with Gasteiger partial charge in [0.1, 0.15) is 5.00 Å². The molecule has 0 fully saturated rings. The highest BCUT2D eigenvalue weighted by Gasteiger charge is 2.32. The first-order valence-corrected chi connectivity index (χ1v) is 11.4. The van der Waals surface area contributed by atoms with Gasteiger partial charge in [-0.2, -0.15) is 0 Å². The smallest absolute Gasteiger partial charge is 0.318 e. The molecule has 0 saturated heterocycles. The number of thiophene rings is 1. The van der Waals surface area contributed by atoms with Gasteiger partial charge < -0.3 is 14.8 Å². The summed E-state index contributed by atoms with van der Waals surface area (Å²) < 4.78 is 2.32. The lowest BCUT2D eigenvalue weighted by Gasteiger charge is -2.28. The van der Waals surface area contributed by atoms with Gasteiger partial charge in [0.2, 0.25) is 0 Å². The summed E-state index contributed by atoms with van der Waals surface area (Å²) in [5.41, 5.74) is 5.32. The van der Waals surface area contributed by atoms with Crippen LogP contribution >= 0.6 is 11.3 Å². The molecule has 1 atom stereocenters. The van der Waals surface area contributed by atoms with Gasteiger partial charge >= 0.3 is 6.03 Å². The number of hydrogen-bond donors (Lipinski definition) is 1. The van der Waals surface area contributed by atoms with E-state index in [0.29, 0.717) is 13.1 Å². The summed E-state index contributed by atoms with van der Waals surface area (Å²) in [5.74, 6) is 0. The van der Waals surface area contributed by atoms with E-state index in [0.717, 1.165) is 12.8 Å². The molecule has 0 unspecified atom stereocenters. The Hall–Kier alpha value is -2.53. The summed E-state index contributed by atoms with van der Waals surface area (Å²) in [6, 6.07) is 14.7. The van der Waals surface area contributed by atoms with Crippen molar-refractivity contribution < 1.29 is 4.79 Å². The Balaban J connectivity index is 1.41. The Bertz CT molecular complexity index is 1020. The number of carbonyl (C=O) groups excluding carboxylic acids is 1. The topological polar surface area (TPSA) is 37.3 Å². The number of aromatic nitrogens is 1. The highest BCUT2D eigenvalue weighted by Crippen LogP contribution is 2.42. The number of urea groups is 1. The molecule has 2 aliphatic rings. The van der Waals surface area contributed by atoms with Crippen molar-refractivity contribution in [1.29, 1.82) is 0 Å². The van der Waals surface area contributed by atoms with E-state index < -0.39 is 0 Å². The molecule has 150 valence electrons. The van der Waals surface area contributed by atoms with Gasteiger partial charge in [-0.05, 0) is 62.3 Å². The number of hydrogen-bond acceptors (Lipinski definition) is 2. The second-order valence-electron chi connectivity index (χ2n) is 8.07. The van der Waals surface area contributed by atoms with Crippen LogP contribution in [0.2, 0.25) is 0 Å². The average molecular weight is 406 g/mol. The van der Waals surface area contributed by atoms with Crippen LogP contribution in [0.25, 0.3) is 5.00 Å². The first-order valence-electron chi connectivity index (χ1n) is 10.6. The van der Waals surface area contributed by atoms with Gasteiger partial charge in [0, 0.05) is 28.9 Å². The third-order valence-electron chi connectivity index (χ3n) is 6.28. The number of nitrogens with zero attached hydrogens (tertiary/aromatic N) is 2. The van der Waals surface area contributed by atoms with E-state index in [2.05, 4.69) is 47.3 Å². The molecule has 0 saturated carbocycles. The van der Waals surface area contributed by atoms with E-state index in [1.54, 1.807) is 0 Å². The van der Waals surface area contributed by atoms with E-state index in [9.17, 15) is 4.79 Å². The maximum absolute atomic E-state index is 13.2. The number of amides is 2. The quantitative estimate of drug-likeness (QED) is 0.635. The van der Waals surface area contributed by atoms with E-state index >= 15 is 0 Å². The average Bonchev–Trinajstić information content (AvgIpc) is 3.34. The number of benzene rings is 1. The molecule has 3 heterocycles. The summed E-state index contributed by atoms with van der Waals surface area (Å²) in [6.07, 6.45) is 7.88. The summed E-state index contributed by atoms with van der Waals surface area (Å²) in [6.45, 7) is 3.49. The molecule has 3 aromatic rings. The molecule has 2 amide bonds. The van der Waals surface area contributed by atoms with Crippen molar-refractivity contribution >= 4 is 17.4 Å². The van der Waals surface area contributed by atoms with Crippen molar-refractivity contribution in [2.75, 3.05) is 6.54 Å². The Morgan fingerprint density at radius 1 is 1.10 bits per heavy atom. The SMILES string of the molecule is C[C@@H]1c2cccn2-c2sc3c(c2CN1C(=O)NCCc1ccccc1)CCCC3. The fourth-order valence-electron chi connectivity index (χ4n) is 4.67. The molecule has 1 aliphatic heterocycles. The third-order valence-corrected chi connectivity index (χ3v) is 7.61. The zero-order chi connectivity index (χ0) is 19.8. The molecule has 5 rings (SSSR count). The normalized spacial score (nSPS) is 17.8. The molecule has 0 radical (unpaired) electrons. The molecule has 1 N–H and O–H groups in total. The fourth-order valence-corrected chi connectivity index (χ4v) is 6.07. The molecule has 1 aliphatic carbocycles. The van der Waals surface area contributed by atoms with Gasteiger partial charge in [0.05, 0.1) is 12.6 Å². The van der Waals surface area contributed by atoms with Crippen LogP contribution in [0.5, 0.6) is 0 Å². The largest absolute Gasteiger partial charge is 0.338 e. The molecule has 1 aromatic carbocycles. The monoisotopic (exact) mass is 405 g/mol. The molecule has 0 bridgehead atoms. The number of rotatable bonds is 3. The molecule has 0 spiro atoms. The van der Waals surface area contributed by atoms with Crippen molar-refractivity contribution in [2.24, 2.45) is 0 Å². The van der Waals surface area contributed by atoms with Crippen LogP contribution < -0.4 is 5.32 Å². The Kier molecular flexibility index (Phi) is 4.92. The van der Waals surface area contributed by atoms with E-state index in [4.69, 9.17) is 0 Å². The van der Waals surface area contributed by atoms with Crippen molar-refractivity contribution in [3.8, 4) is 5.00 Å². The fraction of sp³-hybridized carbons (Fsp3) is 0.375. The lowest BCUT2D eigenvalue weighted by molar-refractivity contribution is 0.175. The van der Waals surface area contributed by atoms with Crippen molar-refractivity contribution in [3.05, 3.63) is 75.9 Å². The lowest BCUT2D eigenvalue weighted by Crippen LogP contribution is -2.41. The van der Waals surface area contributed by atoms with Gasteiger partial charge in [0.15, 0.2) is 0 Å². The molecule has 5 heteroatoms. The third kappa shape index (κ3) is 3.38.